The van der Waals surface area contributed by atoms with Crippen LogP contribution < -0.4 is 5.49 Å². The van der Waals surface area contributed by atoms with E-state index in [9.17, 15) is 14.0 Å². The first-order valence-electron chi connectivity index (χ1n) is 11.6. The van der Waals surface area contributed by atoms with Gasteiger partial charge in [0, 0.05) is 44.3 Å². The van der Waals surface area contributed by atoms with Crippen LogP contribution in [0, 0.1) is 12.7 Å². The van der Waals surface area contributed by atoms with Crippen LogP contribution in [-0.2, 0) is 16.6 Å². The number of aryl methyl sites for hydroxylation is 2. The van der Waals surface area contributed by atoms with Gasteiger partial charge in [-0.3, -0.25) is 4.79 Å². The highest BCUT2D eigenvalue weighted by atomic mass is 19.1. The van der Waals surface area contributed by atoms with Gasteiger partial charge >= 0.3 is 6.09 Å². The van der Waals surface area contributed by atoms with Crippen LogP contribution in [0.15, 0.2) is 52.9 Å². The Labute approximate surface area is 208 Å². The first-order valence-corrected chi connectivity index (χ1v) is 11.6. The molecule has 0 saturated carbocycles. The normalized spacial score (nSPS) is 15.3. The summed E-state index contributed by atoms with van der Waals surface area (Å²) in [5.41, 5.74) is 3.33. The number of aromatic nitrogens is 3. The summed E-state index contributed by atoms with van der Waals surface area (Å²) in [7, 11) is 1.83. The fraction of sp³-hybridized carbons (Fsp3) is 0.346. The second-order valence-corrected chi connectivity index (χ2v) is 9.65. The van der Waals surface area contributed by atoms with Crippen LogP contribution in [0.4, 0.5) is 9.18 Å². The third-order valence-electron chi connectivity index (χ3n) is 5.62. The molecule has 10 heteroatoms. The number of fused-ring (bicyclic) bond motifs is 1. The van der Waals surface area contributed by atoms with E-state index in [1.807, 2.05) is 56.8 Å². The molecule has 1 aliphatic heterocycles. The van der Waals surface area contributed by atoms with Gasteiger partial charge in [-0.1, -0.05) is 6.08 Å². The molecule has 3 aromatic heterocycles. The molecule has 188 valence electrons. The second kappa shape index (κ2) is 9.88. The number of carbonyl (C=O) groups is 2. The number of amides is 2. The molecule has 2 amide bonds. The Morgan fingerprint density at radius 1 is 1.22 bits per heavy atom. The van der Waals surface area contributed by atoms with Crippen molar-refractivity contribution in [2.75, 3.05) is 13.1 Å². The SMILES string of the molecule is Cc1cn2cc(C(=NC=O)N=c3ccc(C4=CCN(C(=O)OC(C)(C)C)CC4)cn3C)cc(F)c2n1. The number of pyridine rings is 2. The van der Waals surface area contributed by atoms with Crippen molar-refractivity contribution in [2.45, 2.75) is 39.7 Å². The minimum atomic E-state index is -0.532. The molecule has 0 aromatic carbocycles. The zero-order chi connectivity index (χ0) is 26.0. The van der Waals surface area contributed by atoms with Crippen LogP contribution in [0.2, 0.25) is 0 Å². The summed E-state index contributed by atoms with van der Waals surface area (Å²) >= 11 is 0. The summed E-state index contributed by atoms with van der Waals surface area (Å²) in [4.78, 5) is 37.7. The number of hydrogen-bond donors (Lipinski definition) is 0. The van der Waals surface area contributed by atoms with Crippen LogP contribution in [0.25, 0.3) is 11.2 Å². The number of aliphatic imine (C=N–C) groups is 1. The molecule has 0 radical (unpaired) electrons. The van der Waals surface area contributed by atoms with Gasteiger partial charge in [0.05, 0.1) is 5.69 Å². The van der Waals surface area contributed by atoms with E-state index in [-0.39, 0.29) is 17.6 Å². The number of imidazole rings is 1. The van der Waals surface area contributed by atoms with E-state index < -0.39 is 11.4 Å². The van der Waals surface area contributed by atoms with Crippen molar-refractivity contribution in [1.82, 2.24) is 18.9 Å². The Morgan fingerprint density at radius 2 is 2.00 bits per heavy atom. The van der Waals surface area contributed by atoms with Crippen LogP contribution >= 0.6 is 0 Å². The summed E-state index contributed by atoms with van der Waals surface area (Å²) in [6.45, 7) is 8.35. The lowest BCUT2D eigenvalue weighted by molar-refractivity contribution is -0.106. The Bertz CT molecular complexity index is 1460. The van der Waals surface area contributed by atoms with Gasteiger partial charge in [-0.2, -0.15) is 4.99 Å². The maximum Gasteiger partial charge on any atom is 0.410 e. The first kappa shape index (κ1) is 25.0. The molecular weight excluding hydrogens is 463 g/mol. The van der Waals surface area contributed by atoms with Crippen LogP contribution in [0.3, 0.4) is 0 Å². The highest BCUT2D eigenvalue weighted by Gasteiger charge is 2.24. The Kier molecular flexibility index (Phi) is 6.87. The fourth-order valence-corrected chi connectivity index (χ4v) is 3.96. The molecule has 0 aliphatic carbocycles. The van der Waals surface area contributed by atoms with Gasteiger partial charge in [0.2, 0.25) is 6.41 Å². The molecule has 4 rings (SSSR count). The number of hydrogen-bond acceptors (Lipinski definition) is 4. The van der Waals surface area contributed by atoms with Crippen molar-refractivity contribution in [3.8, 4) is 0 Å². The third-order valence-corrected chi connectivity index (χ3v) is 5.62. The first-order chi connectivity index (χ1) is 17.0. The van der Waals surface area contributed by atoms with Gasteiger partial charge in [-0.25, -0.2) is 19.2 Å². The van der Waals surface area contributed by atoms with Crippen molar-refractivity contribution < 1.29 is 18.7 Å². The minimum Gasteiger partial charge on any atom is -0.444 e. The zero-order valence-corrected chi connectivity index (χ0v) is 21.0. The smallest absolute Gasteiger partial charge is 0.410 e. The molecule has 3 aromatic rings. The van der Waals surface area contributed by atoms with Crippen molar-refractivity contribution >= 4 is 29.6 Å². The summed E-state index contributed by atoms with van der Waals surface area (Å²) in [5.74, 6) is -0.441. The molecular formula is C26H29FN6O3. The summed E-state index contributed by atoms with van der Waals surface area (Å²) in [5, 5.41) is 0. The lowest BCUT2D eigenvalue weighted by Gasteiger charge is -2.29. The number of carbonyl (C=O) groups excluding carboxylic acids is 2. The maximum atomic E-state index is 14.6. The molecule has 0 fully saturated rings. The number of halogens is 1. The van der Waals surface area contributed by atoms with Gasteiger partial charge in [0.1, 0.15) is 11.1 Å². The van der Waals surface area contributed by atoms with Gasteiger partial charge in [-0.15, -0.1) is 0 Å². The fourth-order valence-electron chi connectivity index (χ4n) is 3.96. The van der Waals surface area contributed by atoms with E-state index in [0.29, 0.717) is 42.7 Å². The van der Waals surface area contributed by atoms with Crippen LogP contribution in [0.5, 0.6) is 0 Å². The maximum absolute atomic E-state index is 14.6. The van der Waals surface area contributed by atoms with Crippen molar-refractivity contribution in [1.29, 1.82) is 0 Å². The van der Waals surface area contributed by atoms with Gasteiger partial charge < -0.3 is 18.6 Å². The largest absolute Gasteiger partial charge is 0.444 e. The molecule has 4 heterocycles. The van der Waals surface area contributed by atoms with E-state index in [1.165, 1.54) is 6.07 Å². The molecule has 1 aliphatic rings. The van der Waals surface area contributed by atoms with E-state index in [2.05, 4.69) is 15.0 Å². The molecule has 0 bridgehead atoms. The highest BCUT2D eigenvalue weighted by molar-refractivity contribution is 6.02. The van der Waals surface area contributed by atoms with E-state index >= 15 is 0 Å². The van der Waals surface area contributed by atoms with E-state index in [1.54, 1.807) is 28.6 Å². The quantitative estimate of drug-likeness (QED) is 0.317. The van der Waals surface area contributed by atoms with E-state index in [4.69, 9.17) is 4.74 Å². The molecule has 0 spiro atoms. The van der Waals surface area contributed by atoms with Crippen LogP contribution in [-0.4, -0.2) is 55.9 Å². The van der Waals surface area contributed by atoms with Crippen molar-refractivity contribution in [3.63, 3.8) is 0 Å². The minimum absolute atomic E-state index is 0.0883. The average molecular weight is 493 g/mol. The highest BCUT2D eigenvalue weighted by Crippen LogP contribution is 2.23. The molecule has 0 N–H and O–H groups in total. The molecule has 0 atom stereocenters. The zero-order valence-electron chi connectivity index (χ0n) is 21.0. The van der Waals surface area contributed by atoms with Crippen LogP contribution in [0.1, 0.15) is 44.0 Å². The standard InChI is InChI=1S/C26H29FN6O3/c1-17-13-33-15-20(12-21(27)24(33)29-17)23(28-16-34)30-22-7-6-19(14-31(22)5)18-8-10-32(11-9-18)25(35)36-26(2,3)4/h6-8,12-16H,9-11H2,1-5H3. The van der Waals surface area contributed by atoms with E-state index in [0.717, 1.165) is 11.1 Å². The topological polar surface area (TPSA) is 93.6 Å². The Morgan fingerprint density at radius 3 is 2.64 bits per heavy atom. The Hall–Kier alpha value is -4.08. The van der Waals surface area contributed by atoms with Crippen molar-refractivity contribution in [2.24, 2.45) is 17.0 Å². The summed E-state index contributed by atoms with van der Waals surface area (Å²) < 4.78 is 23.4. The predicted octanol–water partition coefficient (Wildman–Crippen LogP) is 3.65. The molecule has 0 saturated heterocycles. The van der Waals surface area contributed by atoms with Gasteiger partial charge in [0.15, 0.2) is 17.3 Å². The summed E-state index contributed by atoms with van der Waals surface area (Å²) in [6, 6.07) is 5.01. The number of amidine groups is 1. The second-order valence-electron chi connectivity index (χ2n) is 9.65. The number of nitrogens with zero attached hydrogens (tertiary/aromatic N) is 6. The number of rotatable bonds is 3. The Balaban J connectivity index is 1.59. The number of ether oxygens (including phenoxy) is 1. The lowest BCUT2D eigenvalue weighted by atomic mass is 10.0. The predicted molar refractivity (Wildman–Crippen MR) is 134 cm³/mol. The monoisotopic (exact) mass is 492 g/mol. The van der Waals surface area contributed by atoms with Crippen molar-refractivity contribution in [3.05, 3.63) is 71.0 Å². The molecule has 36 heavy (non-hydrogen) atoms. The third kappa shape index (κ3) is 5.59. The average Bonchev–Trinajstić information content (AvgIpc) is 3.19. The molecule has 0 unspecified atom stereocenters. The summed E-state index contributed by atoms with van der Waals surface area (Å²) in [6.07, 6.45) is 8.03. The molecule has 9 nitrogen and oxygen atoms in total. The van der Waals surface area contributed by atoms with Gasteiger partial charge in [0.25, 0.3) is 0 Å². The lowest BCUT2D eigenvalue weighted by Crippen LogP contribution is -2.39. The van der Waals surface area contributed by atoms with Gasteiger partial charge in [-0.05, 0) is 63.5 Å².